The molecule has 1 saturated carbocycles. The summed E-state index contributed by atoms with van der Waals surface area (Å²) in [7, 11) is 0. The molecule has 0 aromatic heterocycles. The maximum Gasteiger partial charge on any atom is 0.251 e. The molecule has 0 spiro atoms. The van der Waals surface area contributed by atoms with Gasteiger partial charge in [0.1, 0.15) is 0 Å². The highest BCUT2D eigenvalue weighted by molar-refractivity contribution is 5.94. The zero-order chi connectivity index (χ0) is 13.9. The molecule has 1 aromatic rings. The fraction of sp³-hybridized carbons (Fsp3) is 0.562. The van der Waals surface area contributed by atoms with Crippen LogP contribution in [0.2, 0.25) is 0 Å². The second-order valence-corrected chi connectivity index (χ2v) is 5.90. The van der Waals surface area contributed by atoms with E-state index in [0.29, 0.717) is 6.42 Å². The quantitative estimate of drug-likeness (QED) is 0.763. The molecule has 0 radical (unpaired) electrons. The van der Waals surface area contributed by atoms with Crippen LogP contribution in [0.4, 0.5) is 0 Å². The molecule has 1 heterocycles. The van der Waals surface area contributed by atoms with E-state index in [-0.39, 0.29) is 18.1 Å². The van der Waals surface area contributed by atoms with Crippen molar-refractivity contribution in [3.63, 3.8) is 0 Å². The molecule has 2 aliphatic rings. The summed E-state index contributed by atoms with van der Waals surface area (Å²) in [4.78, 5) is 12.3. The molecule has 1 aliphatic carbocycles. The van der Waals surface area contributed by atoms with Gasteiger partial charge in [-0.15, -0.1) is 0 Å². The number of amides is 1. The van der Waals surface area contributed by atoms with Crippen molar-refractivity contribution in [1.82, 2.24) is 10.6 Å². The smallest absolute Gasteiger partial charge is 0.251 e. The van der Waals surface area contributed by atoms with Gasteiger partial charge in [0.05, 0.1) is 6.10 Å². The van der Waals surface area contributed by atoms with Gasteiger partial charge < -0.3 is 15.7 Å². The summed E-state index contributed by atoms with van der Waals surface area (Å²) in [5, 5.41) is 16.0. The molecule has 3 N–H and O–H groups in total. The molecule has 2 atom stereocenters. The molecular weight excluding hydrogens is 252 g/mol. The first-order valence-corrected chi connectivity index (χ1v) is 7.54. The highest BCUT2D eigenvalue weighted by Gasteiger charge is 2.22. The number of hydrogen-bond donors (Lipinski definition) is 3. The Balaban J connectivity index is 1.67. The molecule has 1 aliphatic heterocycles. The number of fused-ring (bicyclic) bond motifs is 1. The van der Waals surface area contributed by atoms with E-state index in [0.717, 1.165) is 44.3 Å². The number of carbonyl (C=O) groups is 1. The number of aliphatic hydroxyl groups excluding tert-OH is 1. The number of hydrogen-bond acceptors (Lipinski definition) is 3. The molecule has 2 unspecified atom stereocenters. The van der Waals surface area contributed by atoms with Gasteiger partial charge in [-0.2, -0.15) is 0 Å². The maximum atomic E-state index is 12.3. The molecule has 1 amide bonds. The van der Waals surface area contributed by atoms with E-state index >= 15 is 0 Å². The highest BCUT2D eigenvalue weighted by atomic mass is 16.3. The van der Waals surface area contributed by atoms with Crippen molar-refractivity contribution in [3.8, 4) is 0 Å². The van der Waals surface area contributed by atoms with Crippen LogP contribution in [-0.2, 0) is 13.0 Å². The molecule has 3 rings (SSSR count). The van der Waals surface area contributed by atoms with Crippen LogP contribution in [0.25, 0.3) is 0 Å². The van der Waals surface area contributed by atoms with Gasteiger partial charge in [0.25, 0.3) is 5.91 Å². The SMILES string of the molecule is O=C(NC1CCCC(O)C1)c1ccc2c(c1)CNCC2. The molecule has 20 heavy (non-hydrogen) atoms. The molecule has 4 nitrogen and oxygen atoms in total. The lowest BCUT2D eigenvalue weighted by molar-refractivity contribution is 0.0849. The molecule has 1 aromatic carbocycles. The van der Waals surface area contributed by atoms with Gasteiger partial charge in [-0.3, -0.25) is 4.79 Å². The van der Waals surface area contributed by atoms with Gasteiger partial charge >= 0.3 is 0 Å². The van der Waals surface area contributed by atoms with Crippen molar-refractivity contribution in [2.24, 2.45) is 0 Å². The fourth-order valence-corrected chi connectivity index (χ4v) is 3.19. The highest BCUT2D eigenvalue weighted by Crippen LogP contribution is 2.20. The van der Waals surface area contributed by atoms with Crippen molar-refractivity contribution in [1.29, 1.82) is 0 Å². The lowest BCUT2D eigenvalue weighted by Gasteiger charge is -2.27. The van der Waals surface area contributed by atoms with Crippen molar-refractivity contribution < 1.29 is 9.90 Å². The van der Waals surface area contributed by atoms with E-state index in [2.05, 4.69) is 16.7 Å². The fourth-order valence-electron chi connectivity index (χ4n) is 3.19. The Labute approximate surface area is 119 Å². The molecule has 4 heteroatoms. The van der Waals surface area contributed by atoms with Gasteiger partial charge in [0, 0.05) is 18.2 Å². The van der Waals surface area contributed by atoms with E-state index in [1.165, 1.54) is 11.1 Å². The first-order chi connectivity index (χ1) is 9.72. The van der Waals surface area contributed by atoms with Crippen LogP contribution >= 0.6 is 0 Å². The lowest BCUT2D eigenvalue weighted by Crippen LogP contribution is -2.39. The van der Waals surface area contributed by atoms with E-state index in [4.69, 9.17) is 0 Å². The Hall–Kier alpha value is -1.39. The largest absolute Gasteiger partial charge is 0.393 e. The Kier molecular flexibility index (Phi) is 4.03. The van der Waals surface area contributed by atoms with Crippen molar-refractivity contribution in [2.75, 3.05) is 6.54 Å². The molecule has 108 valence electrons. The van der Waals surface area contributed by atoms with Crippen LogP contribution in [0.15, 0.2) is 18.2 Å². The lowest BCUT2D eigenvalue weighted by atomic mass is 9.92. The third-order valence-corrected chi connectivity index (χ3v) is 4.34. The van der Waals surface area contributed by atoms with Gasteiger partial charge in [0.15, 0.2) is 0 Å². The minimum atomic E-state index is -0.262. The second kappa shape index (κ2) is 5.94. The monoisotopic (exact) mass is 274 g/mol. The zero-order valence-electron chi connectivity index (χ0n) is 11.7. The van der Waals surface area contributed by atoms with Gasteiger partial charge in [-0.05, 0) is 61.9 Å². The zero-order valence-corrected chi connectivity index (χ0v) is 11.7. The van der Waals surface area contributed by atoms with Gasteiger partial charge in [-0.25, -0.2) is 0 Å². The van der Waals surface area contributed by atoms with Crippen molar-refractivity contribution in [3.05, 3.63) is 34.9 Å². The minimum Gasteiger partial charge on any atom is -0.393 e. The van der Waals surface area contributed by atoms with Crippen LogP contribution < -0.4 is 10.6 Å². The number of carbonyl (C=O) groups excluding carboxylic acids is 1. The summed E-state index contributed by atoms with van der Waals surface area (Å²) in [5.74, 6) is -0.0162. The molecular formula is C16H22N2O2. The minimum absolute atomic E-state index is 0.0162. The summed E-state index contributed by atoms with van der Waals surface area (Å²) < 4.78 is 0. The Morgan fingerprint density at radius 3 is 3.05 bits per heavy atom. The predicted molar refractivity (Wildman–Crippen MR) is 77.6 cm³/mol. The summed E-state index contributed by atoms with van der Waals surface area (Å²) in [5.41, 5.74) is 3.30. The summed E-state index contributed by atoms with van der Waals surface area (Å²) in [6.45, 7) is 1.86. The van der Waals surface area contributed by atoms with E-state index in [9.17, 15) is 9.90 Å². The van der Waals surface area contributed by atoms with Gasteiger partial charge in [-0.1, -0.05) is 6.07 Å². The molecule has 1 fully saturated rings. The van der Waals surface area contributed by atoms with Crippen LogP contribution in [-0.4, -0.2) is 29.7 Å². The first kappa shape index (κ1) is 13.6. The number of rotatable bonds is 2. The van der Waals surface area contributed by atoms with E-state index in [1.807, 2.05) is 12.1 Å². The summed E-state index contributed by atoms with van der Waals surface area (Å²) in [6, 6.07) is 6.09. The average Bonchev–Trinajstić information content (AvgIpc) is 2.47. The number of benzene rings is 1. The molecule has 0 bridgehead atoms. The standard InChI is InChI=1S/C16H22N2O2/c19-15-3-1-2-14(9-15)18-16(20)12-5-4-11-6-7-17-10-13(11)8-12/h4-5,8,14-15,17,19H,1-3,6-7,9-10H2,(H,18,20). The Bertz CT molecular complexity index is 501. The van der Waals surface area contributed by atoms with E-state index < -0.39 is 0 Å². The maximum absolute atomic E-state index is 12.3. The number of nitrogens with one attached hydrogen (secondary N) is 2. The number of aliphatic hydroxyl groups is 1. The normalized spacial score (nSPS) is 25.9. The Morgan fingerprint density at radius 2 is 2.20 bits per heavy atom. The summed E-state index contributed by atoms with van der Waals surface area (Å²) in [6.07, 6.45) is 4.26. The topological polar surface area (TPSA) is 61.4 Å². The van der Waals surface area contributed by atoms with Crippen LogP contribution in [0.3, 0.4) is 0 Å². The van der Waals surface area contributed by atoms with Crippen molar-refractivity contribution >= 4 is 5.91 Å². The third kappa shape index (κ3) is 3.02. The third-order valence-electron chi connectivity index (χ3n) is 4.34. The second-order valence-electron chi connectivity index (χ2n) is 5.90. The average molecular weight is 274 g/mol. The van der Waals surface area contributed by atoms with Crippen molar-refractivity contribution in [2.45, 2.75) is 50.8 Å². The van der Waals surface area contributed by atoms with Crippen LogP contribution in [0, 0.1) is 0 Å². The Morgan fingerprint density at radius 1 is 1.30 bits per heavy atom. The molecule has 0 saturated heterocycles. The predicted octanol–water partition coefficient (Wildman–Crippen LogP) is 1.37. The summed E-state index contributed by atoms with van der Waals surface area (Å²) >= 11 is 0. The first-order valence-electron chi connectivity index (χ1n) is 7.54. The van der Waals surface area contributed by atoms with Gasteiger partial charge in [0.2, 0.25) is 0 Å². The van der Waals surface area contributed by atoms with E-state index in [1.54, 1.807) is 0 Å². The van der Waals surface area contributed by atoms with Crippen LogP contribution in [0.5, 0.6) is 0 Å². The van der Waals surface area contributed by atoms with Crippen LogP contribution in [0.1, 0.15) is 47.2 Å².